The Labute approximate surface area is 275 Å². The van der Waals surface area contributed by atoms with Crippen LogP contribution in [0.1, 0.15) is 120 Å². The average Bonchev–Trinajstić information content (AvgIpc) is 3.42. The second-order valence-corrected chi connectivity index (χ2v) is 13.2. The number of nitrogens with zero attached hydrogens (tertiary/aromatic N) is 4. The Bertz CT molecular complexity index is 1270. The first-order valence-electron chi connectivity index (χ1n) is 17.7. The number of piperidine rings is 1. The topological polar surface area (TPSA) is 61.4 Å². The fourth-order valence-electron chi connectivity index (χ4n) is 6.37. The van der Waals surface area contributed by atoms with Gasteiger partial charge in [0, 0.05) is 38.7 Å². The molecule has 0 aromatic carbocycles. The van der Waals surface area contributed by atoms with Gasteiger partial charge in [-0.1, -0.05) is 63.3 Å². The molecule has 2 aliphatic heterocycles. The summed E-state index contributed by atoms with van der Waals surface area (Å²) in [5, 5.41) is 3.29. The Morgan fingerprint density at radius 2 is 1.65 bits per heavy atom. The number of anilines is 3. The van der Waals surface area contributed by atoms with Gasteiger partial charge in [0.15, 0.2) is 0 Å². The number of rotatable bonds is 18. The zero-order valence-corrected chi connectivity index (χ0v) is 28.2. The summed E-state index contributed by atoms with van der Waals surface area (Å²) in [6, 6.07) is 7.86. The Hall–Kier alpha value is -3.29. The molecule has 0 unspecified atom stereocenters. The summed E-state index contributed by atoms with van der Waals surface area (Å²) in [6.07, 6.45) is 26.0. The number of aryl methyl sites for hydroxylation is 1. The molecule has 4 rings (SSSR count). The monoisotopic (exact) mass is 635 g/mol. The number of halogens is 2. The lowest BCUT2D eigenvalue weighted by Crippen LogP contribution is -2.37. The largest absolute Gasteiger partial charge is 0.350 e. The summed E-state index contributed by atoms with van der Waals surface area (Å²) >= 11 is 0. The molecule has 1 N–H and O–H groups in total. The molecule has 2 fully saturated rings. The molecular formula is C38H55F2N5O. The molecule has 46 heavy (non-hydrogen) atoms. The summed E-state index contributed by atoms with van der Waals surface area (Å²) in [6.45, 7) is 5.67. The van der Waals surface area contributed by atoms with Crippen LogP contribution in [0.3, 0.4) is 0 Å². The number of amides is 1. The predicted molar refractivity (Wildman–Crippen MR) is 186 cm³/mol. The average molecular weight is 636 g/mol. The number of alkyl halides is 2. The van der Waals surface area contributed by atoms with Crippen LogP contribution in [0.2, 0.25) is 0 Å². The van der Waals surface area contributed by atoms with Crippen molar-refractivity contribution in [2.45, 2.75) is 122 Å². The number of likely N-dealkylation sites (tertiary alicyclic amines) is 1. The molecule has 1 amide bonds. The van der Waals surface area contributed by atoms with E-state index in [-0.39, 0.29) is 31.3 Å². The molecule has 2 saturated heterocycles. The van der Waals surface area contributed by atoms with Gasteiger partial charge in [0.05, 0.1) is 6.54 Å². The molecule has 2 aliphatic rings. The van der Waals surface area contributed by atoms with Crippen LogP contribution in [0, 0.1) is 6.92 Å². The van der Waals surface area contributed by atoms with Crippen LogP contribution < -0.4 is 10.2 Å². The first-order valence-corrected chi connectivity index (χ1v) is 17.7. The van der Waals surface area contributed by atoms with Crippen LogP contribution in [0.25, 0.3) is 0 Å². The zero-order chi connectivity index (χ0) is 32.6. The maximum atomic E-state index is 14.1. The lowest BCUT2D eigenvalue weighted by atomic mass is 9.89. The van der Waals surface area contributed by atoms with Crippen molar-refractivity contribution in [2.75, 3.05) is 36.4 Å². The first kappa shape index (κ1) is 35.6. The van der Waals surface area contributed by atoms with Crippen LogP contribution >= 0.6 is 0 Å². The van der Waals surface area contributed by atoms with Crippen molar-refractivity contribution >= 4 is 23.4 Å². The van der Waals surface area contributed by atoms with E-state index in [2.05, 4.69) is 41.5 Å². The third kappa shape index (κ3) is 12.1. The smallest absolute Gasteiger partial charge is 0.266 e. The van der Waals surface area contributed by atoms with E-state index in [0.29, 0.717) is 23.9 Å². The van der Waals surface area contributed by atoms with Gasteiger partial charge in [0.2, 0.25) is 5.91 Å². The number of unbranched alkanes of at least 4 members (excludes halogenated alkanes) is 8. The second-order valence-electron chi connectivity index (χ2n) is 13.2. The van der Waals surface area contributed by atoms with E-state index in [1.54, 1.807) is 11.1 Å². The van der Waals surface area contributed by atoms with Crippen molar-refractivity contribution in [3.63, 3.8) is 0 Å². The van der Waals surface area contributed by atoms with Gasteiger partial charge in [0.1, 0.15) is 17.5 Å². The number of carbonyl (C=O) groups excluding carboxylic acids is 1. The van der Waals surface area contributed by atoms with E-state index in [9.17, 15) is 13.6 Å². The molecule has 4 heterocycles. The maximum Gasteiger partial charge on any atom is 0.266 e. The molecule has 252 valence electrons. The fourth-order valence-corrected chi connectivity index (χ4v) is 6.37. The van der Waals surface area contributed by atoms with Gasteiger partial charge in [-0.3, -0.25) is 4.79 Å². The Balaban J connectivity index is 1.17. The summed E-state index contributed by atoms with van der Waals surface area (Å²) in [5.41, 5.74) is 2.15. The van der Waals surface area contributed by atoms with E-state index in [4.69, 9.17) is 4.98 Å². The summed E-state index contributed by atoms with van der Waals surface area (Å²) in [4.78, 5) is 25.8. The summed E-state index contributed by atoms with van der Waals surface area (Å²) in [5.74, 6) is -0.333. The highest BCUT2D eigenvalue weighted by atomic mass is 19.3. The summed E-state index contributed by atoms with van der Waals surface area (Å²) < 4.78 is 28.1. The standard InChI is InChI=1S/C38H55F2N5O/c1-3-4-5-6-7-8-9-10-11-12-13-14-15-16-17-18-37(46)44-24-20-32(21-25-44)33-28-35(42-34-27-31(2)19-23-41-34)43-36(29-33)45-26-22-38(39,40)30-45/h7-8,10-11,19,23,27-29,32H,3-6,9,12-18,20-22,24-26,30H2,1-2H3,(H,41,42,43)/b8-7+,11-10+. The van der Waals surface area contributed by atoms with Gasteiger partial charge in [-0.15, -0.1) is 0 Å². The number of hydrogen-bond donors (Lipinski definition) is 1. The van der Waals surface area contributed by atoms with Crippen molar-refractivity contribution in [1.82, 2.24) is 14.9 Å². The van der Waals surface area contributed by atoms with Crippen molar-refractivity contribution in [3.05, 3.63) is 65.9 Å². The fraction of sp³-hybridized carbons (Fsp3) is 0.605. The number of carbonyl (C=O) groups is 1. The molecule has 8 heteroatoms. The van der Waals surface area contributed by atoms with E-state index in [1.165, 1.54) is 44.9 Å². The quantitative estimate of drug-likeness (QED) is 0.131. The molecular weight excluding hydrogens is 580 g/mol. The minimum absolute atomic E-state index is 0.156. The Morgan fingerprint density at radius 1 is 0.935 bits per heavy atom. The van der Waals surface area contributed by atoms with Crippen molar-refractivity contribution in [1.29, 1.82) is 0 Å². The molecule has 0 radical (unpaired) electrons. The summed E-state index contributed by atoms with van der Waals surface area (Å²) in [7, 11) is 0. The lowest BCUT2D eigenvalue weighted by Gasteiger charge is -2.33. The zero-order valence-electron chi connectivity index (χ0n) is 28.2. The molecule has 0 saturated carbocycles. The number of pyridine rings is 2. The number of hydrogen-bond acceptors (Lipinski definition) is 5. The van der Waals surface area contributed by atoms with E-state index in [1.807, 2.05) is 36.1 Å². The van der Waals surface area contributed by atoms with Gasteiger partial charge < -0.3 is 15.1 Å². The van der Waals surface area contributed by atoms with Crippen LogP contribution in [-0.4, -0.2) is 52.9 Å². The third-order valence-corrected chi connectivity index (χ3v) is 9.16. The molecule has 0 atom stereocenters. The molecule has 0 aliphatic carbocycles. The lowest BCUT2D eigenvalue weighted by molar-refractivity contribution is -0.132. The molecule has 2 aromatic heterocycles. The highest BCUT2D eigenvalue weighted by Crippen LogP contribution is 2.35. The second kappa shape index (κ2) is 18.8. The van der Waals surface area contributed by atoms with Crippen LogP contribution in [0.5, 0.6) is 0 Å². The van der Waals surface area contributed by atoms with E-state index in [0.717, 1.165) is 62.7 Å². The van der Waals surface area contributed by atoms with Gasteiger partial charge in [-0.2, -0.15) is 0 Å². The minimum atomic E-state index is -2.70. The van der Waals surface area contributed by atoms with Gasteiger partial charge in [0.25, 0.3) is 5.92 Å². The SMILES string of the molecule is CCCCC/C=C/C/C=C/CCCCCCCC(=O)N1CCC(c2cc(Nc3cc(C)ccn3)nc(N3CCC(F)(F)C3)c2)CC1. The number of nitrogens with one attached hydrogen (secondary N) is 1. The van der Waals surface area contributed by atoms with Crippen molar-refractivity contribution in [3.8, 4) is 0 Å². The van der Waals surface area contributed by atoms with E-state index >= 15 is 0 Å². The predicted octanol–water partition coefficient (Wildman–Crippen LogP) is 9.89. The number of aromatic nitrogens is 2. The van der Waals surface area contributed by atoms with Crippen LogP contribution in [-0.2, 0) is 4.79 Å². The maximum absolute atomic E-state index is 14.1. The van der Waals surface area contributed by atoms with Gasteiger partial charge >= 0.3 is 0 Å². The highest BCUT2D eigenvalue weighted by Gasteiger charge is 2.39. The minimum Gasteiger partial charge on any atom is -0.350 e. The van der Waals surface area contributed by atoms with Gasteiger partial charge in [-0.05, 0) is 99.6 Å². The molecule has 0 bridgehead atoms. The third-order valence-electron chi connectivity index (χ3n) is 9.16. The normalized spacial score (nSPS) is 17.0. The van der Waals surface area contributed by atoms with Gasteiger partial charge in [-0.25, -0.2) is 18.7 Å². The van der Waals surface area contributed by atoms with E-state index < -0.39 is 5.92 Å². The molecule has 6 nitrogen and oxygen atoms in total. The van der Waals surface area contributed by atoms with Crippen molar-refractivity contribution in [2.24, 2.45) is 0 Å². The van der Waals surface area contributed by atoms with Crippen LogP contribution in [0.4, 0.5) is 26.2 Å². The molecule has 0 spiro atoms. The Morgan fingerprint density at radius 3 is 2.35 bits per heavy atom. The van der Waals surface area contributed by atoms with Crippen LogP contribution in [0.15, 0.2) is 54.8 Å². The highest BCUT2D eigenvalue weighted by molar-refractivity contribution is 5.76. The first-order chi connectivity index (χ1) is 22.3. The van der Waals surface area contributed by atoms with Crippen molar-refractivity contribution < 1.29 is 13.6 Å². The Kier molecular flexibility index (Phi) is 14.5. The number of allylic oxidation sites excluding steroid dienone is 4. The molecule has 2 aromatic rings.